The Balaban J connectivity index is 0.00000152. The van der Waals surface area contributed by atoms with Crippen LogP contribution in [0.1, 0.15) is 49.7 Å². The highest BCUT2D eigenvalue weighted by Crippen LogP contribution is 2.36. The molecule has 0 spiro atoms. The first kappa shape index (κ1) is 27.9. The van der Waals surface area contributed by atoms with Gasteiger partial charge in [0, 0.05) is 11.1 Å². The highest BCUT2D eigenvalue weighted by atomic mass is 79.9. The molecule has 8 rings (SSSR count). The molecule has 0 amide bonds. The third-order valence-electron chi connectivity index (χ3n) is 9.57. The summed E-state index contributed by atoms with van der Waals surface area (Å²) in [5.74, 6) is 3.93. The van der Waals surface area contributed by atoms with Crippen molar-refractivity contribution in [3.05, 3.63) is 59.7 Å². The van der Waals surface area contributed by atoms with Crippen LogP contribution in [0.25, 0.3) is 0 Å². The van der Waals surface area contributed by atoms with Gasteiger partial charge in [0.15, 0.2) is 0 Å². The van der Waals surface area contributed by atoms with E-state index in [1.165, 1.54) is 111 Å². The summed E-state index contributed by atoms with van der Waals surface area (Å²) in [6.07, 6.45) is 8.61. The molecule has 4 nitrogen and oxygen atoms in total. The van der Waals surface area contributed by atoms with E-state index in [0.717, 1.165) is 23.3 Å². The van der Waals surface area contributed by atoms with E-state index in [9.17, 15) is 0 Å². The van der Waals surface area contributed by atoms with Gasteiger partial charge in [0.05, 0.1) is 39.3 Å². The number of fused-ring (bicyclic) bond motifs is 6. The molecule has 4 bridgehead atoms. The monoisotopic (exact) mass is 620 g/mol. The number of hydrogen-bond donors (Lipinski definition) is 0. The normalized spacial score (nSPS) is 30.2. The summed E-state index contributed by atoms with van der Waals surface area (Å²) in [6.45, 7) is 11.8. The van der Waals surface area contributed by atoms with Gasteiger partial charge in [0.2, 0.25) is 0 Å². The number of rotatable bonds is 9. The molecular weight excluding hydrogens is 580 g/mol. The van der Waals surface area contributed by atoms with Gasteiger partial charge in [-0.3, -0.25) is 0 Å². The van der Waals surface area contributed by atoms with Gasteiger partial charge in [-0.1, -0.05) is 0 Å². The van der Waals surface area contributed by atoms with Gasteiger partial charge < -0.3 is 52.4 Å². The Morgan fingerprint density at radius 3 is 1.11 bits per heavy atom. The molecule has 6 saturated heterocycles. The molecule has 6 heteroatoms. The van der Waals surface area contributed by atoms with Crippen molar-refractivity contribution in [2.45, 2.75) is 51.6 Å². The molecule has 198 valence electrons. The highest BCUT2D eigenvalue weighted by Gasteiger charge is 2.40. The van der Waals surface area contributed by atoms with Crippen molar-refractivity contribution < 1.29 is 52.4 Å². The molecule has 2 aromatic rings. The van der Waals surface area contributed by atoms with Crippen LogP contribution in [0.4, 0.5) is 0 Å². The third-order valence-corrected chi connectivity index (χ3v) is 9.57. The first-order valence-electron chi connectivity index (χ1n) is 13.8. The van der Waals surface area contributed by atoms with Gasteiger partial charge in [0.1, 0.15) is 37.8 Å². The molecule has 0 radical (unpaired) electrons. The maximum atomic E-state index is 5.96. The van der Waals surface area contributed by atoms with Crippen LogP contribution in [0, 0.1) is 11.8 Å². The fraction of sp³-hybridized carbons (Fsp3) is 0.600. The van der Waals surface area contributed by atoms with Crippen LogP contribution in [0.5, 0.6) is 11.5 Å². The van der Waals surface area contributed by atoms with Crippen molar-refractivity contribution in [2.24, 2.45) is 11.8 Å². The molecule has 6 aliphatic rings. The summed E-state index contributed by atoms with van der Waals surface area (Å²) in [5.41, 5.74) is 2.90. The van der Waals surface area contributed by atoms with Crippen molar-refractivity contribution in [2.75, 3.05) is 52.5 Å². The van der Waals surface area contributed by atoms with E-state index in [0.29, 0.717) is 13.2 Å². The molecule has 6 fully saturated rings. The van der Waals surface area contributed by atoms with E-state index < -0.39 is 0 Å². The highest BCUT2D eigenvalue weighted by molar-refractivity contribution is 5.28. The summed E-state index contributed by atoms with van der Waals surface area (Å²) in [7, 11) is 0. The fourth-order valence-electron chi connectivity index (χ4n) is 7.23. The van der Waals surface area contributed by atoms with Gasteiger partial charge in [-0.2, -0.15) is 0 Å². The van der Waals surface area contributed by atoms with Crippen molar-refractivity contribution in [1.82, 2.24) is 0 Å². The zero-order chi connectivity index (χ0) is 22.8. The van der Waals surface area contributed by atoms with Crippen molar-refractivity contribution in [3.63, 3.8) is 0 Å². The Kier molecular flexibility index (Phi) is 9.46. The lowest BCUT2D eigenvalue weighted by atomic mass is 9.85. The lowest BCUT2D eigenvalue weighted by Gasteiger charge is -2.49. The van der Waals surface area contributed by atoms with Crippen molar-refractivity contribution >= 4 is 0 Å². The first-order chi connectivity index (χ1) is 16.7. The zero-order valence-electron chi connectivity index (χ0n) is 21.6. The van der Waals surface area contributed by atoms with Crippen molar-refractivity contribution in [1.29, 1.82) is 0 Å². The SMILES string of the molecule is [Br-].[Br-].c1cc(OCCOc2ccc(C[N+]34CCC(CC3)CC4)cc2)ccc1C[N+]12CCC(CC1)CC2. The number of ether oxygens (including phenoxy) is 2. The van der Waals surface area contributed by atoms with Crippen LogP contribution in [0.3, 0.4) is 0 Å². The van der Waals surface area contributed by atoms with Gasteiger partial charge in [-0.05, 0) is 98.9 Å². The summed E-state index contributed by atoms with van der Waals surface area (Å²) < 4.78 is 14.5. The van der Waals surface area contributed by atoms with Crippen LogP contribution >= 0.6 is 0 Å². The number of quaternary nitrogens is 2. The van der Waals surface area contributed by atoms with Gasteiger partial charge >= 0.3 is 0 Å². The quantitative estimate of drug-likeness (QED) is 0.276. The maximum absolute atomic E-state index is 5.96. The van der Waals surface area contributed by atoms with Crippen molar-refractivity contribution in [3.8, 4) is 11.5 Å². The second kappa shape index (κ2) is 12.2. The molecule has 0 aromatic heterocycles. The number of benzene rings is 2. The fourth-order valence-corrected chi connectivity index (χ4v) is 7.23. The lowest BCUT2D eigenvalue weighted by molar-refractivity contribution is -0.955. The maximum Gasteiger partial charge on any atom is 0.122 e. The first-order valence-corrected chi connectivity index (χ1v) is 13.8. The average molecular weight is 622 g/mol. The minimum Gasteiger partial charge on any atom is -1.00 e. The topological polar surface area (TPSA) is 18.5 Å². The summed E-state index contributed by atoms with van der Waals surface area (Å²) in [6, 6.07) is 17.6. The van der Waals surface area contributed by atoms with E-state index in [4.69, 9.17) is 9.47 Å². The van der Waals surface area contributed by atoms with Crippen LogP contribution < -0.4 is 43.4 Å². The van der Waals surface area contributed by atoms with E-state index in [1.807, 2.05) is 0 Å². The number of hydrogen-bond acceptors (Lipinski definition) is 2. The lowest BCUT2D eigenvalue weighted by Crippen LogP contribution is -3.00. The number of halogens is 2. The van der Waals surface area contributed by atoms with Gasteiger partial charge in [0.25, 0.3) is 0 Å². The molecule has 0 unspecified atom stereocenters. The van der Waals surface area contributed by atoms with E-state index >= 15 is 0 Å². The Bertz CT molecular complexity index is 843. The van der Waals surface area contributed by atoms with Gasteiger partial charge in [-0.15, -0.1) is 0 Å². The molecule has 0 aliphatic carbocycles. The molecule has 2 aromatic carbocycles. The summed E-state index contributed by atoms with van der Waals surface area (Å²) in [5, 5.41) is 0. The second-order valence-corrected chi connectivity index (χ2v) is 11.8. The van der Waals surface area contributed by atoms with Crippen LogP contribution in [0.15, 0.2) is 48.5 Å². The third kappa shape index (κ3) is 6.48. The summed E-state index contributed by atoms with van der Waals surface area (Å²) in [4.78, 5) is 0. The Labute approximate surface area is 238 Å². The van der Waals surface area contributed by atoms with E-state index in [-0.39, 0.29) is 34.0 Å². The van der Waals surface area contributed by atoms with Crippen LogP contribution in [0.2, 0.25) is 0 Å². The number of nitrogens with zero attached hydrogens (tertiary/aromatic N) is 2. The number of piperidine rings is 6. The molecule has 0 saturated carbocycles. The molecule has 6 heterocycles. The zero-order valence-corrected chi connectivity index (χ0v) is 24.7. The van der Waals surface area contributed by atoms with Gasteiger partial charge in [-0.25, -0.2) is 0 Å². The standard InChI is InChI=1S/C30H42N2O2.2BrH/c1-5-29(6-2-27(1)23-31-15-9-25(10-16-31)11-17-31)33-21-22-34-30-7-3-28(4-8-30)24-32-18-12-26(13-19-32)14-20-32;;/h1-8,25-26H,9-24H2;2*1H/q+2;;/p-2. The van der Waals surface area contributed by atoms with Crippen LogP contribution in [-0.2, 0) is 13.1 Å². The minimum absolute atomic E-state index is 0. The Hall–Kier alpha value is -1.08. The molecular formula is C30H42Br2N2O2. The van der Waals surface area contributed by atoms with E-state index in [1.54, 1.807) is 0 Å². The van der Waals surface area contributed by atoms with Crippen LogP contribution in [-0.4, -0.2) is 61.4 Å². The largest absolute Gasteiger partial charge is 1.00 e. The Morgan fingerprint density at radius 1 is 0.500 bits per heavy atom. The Morgan fingerprint density at radius 2 is 0.806 bits per heavy atom. The van der Waals surface area contributed by atoms with E-state index in [2.05, 4.69) is 48.5 Å². The average Bonchev–Trinajstić information content (AvgIpc) is 2.90. The predicted octanol–water partition coefficient (Wildman–Crippen LogP) is -0.587. The summed E-state index contributed by atoms with van der Waals surface area (Å²) >= 11 is 0. The molecule has 6 aliphatic heterocycles. The second-order valence-electron chi connectivity index (χ2n) is 11.8. The molecule has 0 N–H and O–H groups in total. The molecule has 36 heavy (non-hydrogen) atoms. The minimum atomic E-state index is 0. The smallest absolute Gasteiger partial charge is 0.122 e. The molecule has 0 atom stereocenters. The predicted molar refractivity (Wildman–Crippen MR) is 136 cm³/mol.